The first-order valence-electron chi connectivity index (χ1n) is 7.43. The fourth-order valence-electron chi connectivity index (χ4n) is 1.51. The van der Waals surface area contributed by atoms with E-state index in [9.17, 15) is 9.59 Å². The number of hydrogen-bond donors (Lipinski definition) is 3. The third-order valence-electron chi connectivity index (χ3n) is 2.68. The summed E-state index contributed by atoms with van der Waals surface area (Å²) in [5, 5.41) is 5.16. The fourth-order valence-corrected chi connectivity index (χ4v) is 1.51. The van der Waals surface area contributed by atoms with Crippen molar-refractivity contribution in [2.45, 2.75) is 6.92 Å². The smallest absolute Gasteiger partial charge is 0.407 e. The predicted molar refractivity (Wildman–Crippen MR) is 88.0 cm³/mol. The lowest BCUT2D eigenvalue weighted by atomic mass is 10.2. The molecule has 0 saturated heterocycles. The van der Waals surface area contributed by atoms with Crippen molar-refractivity contribution >= 4 is 12.0 Å². The fraction of sp³-hybridized carbons (Fsp3) is 0.375. The van der Waals surface area contributed by atoms with Crippen LogP contribution in [0.5, 0.6) is 0 Å². The molecule has 1 aromatic carbocycles. The number of carbonyl (C=O) groups is 2. The third-order valence-corrected chi connectivity index (χ3v) is 2.68. The van der Waals surface area contributed by atoms with Gasteiger partial charge in [-0.05, 0) is 19.1 Å². The SMILES string of the molecule is COCCOC(=O)NCCON/C(C)=C\NC(=O)c1ccccc1. The predicted octanol–water partition coefficient (Wildman–Crippen LogP) is 1.17. The number of benzene rings is 1. The Morgan fingerprint density at radius 1 is 1.12 bits per heavy atom. The van der Waals surface area contributed by atoms with Gasteiger partial charge in [0.15, 0.2) is 0 Å². The Morgan fingerprint density at radius 2 is 1.88 bits per heavy atom. The highest BCUT2D eigenvalue weighted by Crippen LogP contribution is 1.98. The number of carbonyl (C=O) groups excluding carboxylic acids is 2. The summed E-state index contributed by atoms with van der Waals surface area (Å²) in [6.45, 7) is 2.80. The third kappa shape index (κ3) is 8.76. The number of allylic oxidation sites excluding steroid dienone is 1. The minimum atomic E-state index is -0.530. The Morgan fingerprint density at radius 3 is 2.58 bits per heavy atom. The first kappa shape index (κ1) is 19.5. The molecule has 8 nitrogen and oxygen atoms in total. The van der Waals surface area contributed by atoms with E-state index < -0.39 is 6.09 Å². The molecule has 0 aliphatic rings. The molecule has 0 atom stereocenters. The molecule has 0 radical (unpaired) electrons. The minimum Gasteiger partial charge on any atom is -0.447 e. The normalized spacial score (nSPS) is 10.8. The van der Waals surface area contributed by atoms with Gasteiger partial charge in [0, 0.05) is 25.4 Å². The summed E-state index contributed by atoms with van der Waals surface area (Å²) in [4.78, 5) is 28.2. The molecule has 1 aromatic rings. The highest BCUT2D eigenvalue weighted by molar-refractivity contribution is 5.94. The second-order valence-electron chi connectivity index (χ2n) is 4.67. The average Bonchev–Trinajstić information content (AvgIpc) is 2.60. The molecule has 0 spiro atoms. The van der Waals surface area contributed by atoms with Gasteiger partial charge in [0.25, 0.3) is 5.91 Å². The molecule has 0 saturated carbocycles. The van der Waals surface area contributed by atoms with E-state index in [2.05, 4.69) is 16.1 Å². The van der Waals surface area contributed by atoms with Crippen LogP contribution in [0.4, 0.5) is 4.79 Å². The van der Waals surface area contributed by atoms with E-state index in [1.54, 1.807) is 31.2 Å². The van der Waals surface area contributed by atoms with E-state index in [0.717, 1.165) is 0 Å². The summed E-state index contributed by atoms with van der Waals surface area (Å²) in [5.74, 6) is -0.211. The summed E-state index contributed by atoms with van der Waals surface area (Å²) in [6, 6.07) is 8.87. The quantitative estimate of drug-likeness (QED) is 0.438. The van der Waals surface area contributed by atoms with Crippen molar-refractivity contribution in [3.8, 4) is 0 Å². The van der Waals surface area contributed by atoms with E-state index >= 15 is 0 Å². The molecular weight excluding hydrogens is 314 g/mol. The van der Waals surface area contributed by atoms with E-state index in [1.807, 2.05) is 6.07 Å². The van der Waals surface area contributed by atoms with Crippen LogP contribution in [-0.2, 0) is 14.3 Å². The number of ether oxygens (including phenoxy) is 2. The molecule has 3 N–H and O–H groups in total. The van der Waals surface area contributed by atoms with Gasteiger partial charge in [-0.2, -0.15) is 0 Å². The van der Waals surface area contributed by atoms with Gasteiger partial charge < -0.3 is 20.1 Å². The minimum absolute atomic E-state index is 0.199. The van der Waals surface area contributed by atoms with Gasteiger partial charge in [-0.25, -0.2) is 4.79 Å². The number of nitrogens with one attached hydrogen (secondary N) is 3. The van der Waals surface area contributed by atoms with Crippen LogP contribution in [0.1, 0.15) is 17.3 Å². The summed E-state index contributed by atoms with van der Waals surface area (Å²) in [6.07, 6.45) is 0.972. The Balaban J connectivity index is 2.12. The second-order valence-corrected chi connectivity index (χ2v) is 4.67. The van der Waals surface area contributed by atoms with Crippen LogP contribution < -0.4 is 16.1 Å². The van der Waals surface area contributed by atoms with Crippen molar-refractivity contribution in [3.05, 3.63) is 47.8 Å². The lowest BCUT2D eigenvalue weighted by Crippen LogP contribution is -2.30. The number of rotatable bonds is 10. The highest BCUT2D eigenvalue weighted by Gasteiger charge is 2.02. The monoisotopic (exact) mass is 337 g/mol. The number of alkyl carbamates (subject to hydrolysis) is 1. The van der Waals surface area contributed by atoms with Gasteiger partial charge in [0.05, 0.1) is 18.9 Å². The largest absolute Gasteiger partial charge is 0.447 e. The molecule has 0 aliphatic heterocycles. The van der Waals surface area contributed by atoms with Gasteiger partial charge in [-0.3, -0.25) is 15.1 Å². The van der Waals surface area contributed by atoms with Gasteiger partial charge >= 0.3 is 6.09 Å². The van der Waals surface area contributed by atoms with Gasteiger partial charge in [0.1, 0.15) is 6.61 Å². The average molecular weight is 337 g/mol. The molecule has 24 heavy (non-hydrogen) atoms. The second kappa shape index (κ2) is 11.9. The molecule has 0 bridgehead atoms. The molecule has 8 heteroatoms. The van der Waals surface area contributed by atoms with Gasteiger partial charge in [0.2, 0.25) is 0 Å². The molecule has 0 aliphatic carbocycles. The Labute approximate surface area is 141 Å². The molecule has 132 valence electrons. The molecule has 0 heterocycles. The lowest BCUT2D eigenvalue weighted by Gasteiger charge is -2.09. The molecule has 0 fully saturated rings. The van der Waals surface area contributed by atoms with Crippen LogP contribution in [0.2, 0.25) is 0 Å². The van der Waals surface area contributed by atoms with Crippen LogP contribution in [0.3, 0.4) is 0 Å². The van der Waals surface area contributed by atoms with E-state index in [4.69, 9.17) is 14.3 Å². The van der Waals surface area contributed by atoms with E-state index in [0.29, 0.717) is 17.9 Å². The van der Waals surface area contributed by atoms with Crippen molar-refractivity contribution in [3.63, 3.8) is 0 Å². The van der Waals surface area contributed by atoms with Crippen LogP contribution in [0, 0.1) is 0 Å². The summed E-state index contributed by atoms with van der Waals surface area (Å²) < 4.78 is 9.56. The molecular formula is C16H23N3O5. The van der Waals surface area contributed by atoms with Crippen LogP contribution >= 0.6 is 0 Å². The Hall–Kier alpha value is -2.58. The molecule has 0 unspecified atom stereocenters. The summed E-state index contributed by atoms with van der Waals surface area (Å²) in [7, 11) is 1.53. The van der Waals surface area contributed by atoms with Gasteiger partial charge in [-0.1, -0.05) is 18.2 Å². The zero-order valence-electron chi connectivity index (χ0n) is 13.8. The van der Waals surface area contributed by atoms with E-state index in [-0.39, 0.29) is 25.7 Å². The zero-order valence-corrected chi connectivity index (χ0v) is 13.8. The van der Waals surface area contributed by atoms with Crippen molar-refractivity contribution < 1.29 is 23.9 Å². The van der Waals surface area contributed by atoms with Crippen LogP contribution in [0.15, 0.2) is 42.2 Å². The molecule has 2 amide bonds. The van der Waals surface area contributed by atoms with Crippen molar-refractivity contribution in [2.75, 3.05) is 33.5 Å². The number of hydroxylamine groups is 1. The van der Waals surface area contributed by atoms with Crippen molar-refractivity contribution in [1.82, 2.24) is 16.1 Å². The Kier molecular flexibility index (Phi) is 9.67. The lowest BCUT2D eigenvalue weighted by molar-refractivity contribution is 0.0606. The topological polar surface area (TPSA) is 97.9 Å². The maximum absolute atomic E-state index is 11.8. The summed E-state index contributed by atoms with van der Waals surface area (Å²) in [5.41, 5.74) is 3.83. The van der Waals surface area contributed by atoms with Crippen LogP contribution in [-0.4, -0.2) is 45.5 Å². The van der Waals surface area contributed by atoms with E-state index in [1.165, 1.54) is 13.3 Å². The summed E-state index contributed by atoms with van der Waals surface area (Å²) >= 11 is 0. The molecule has 1 rings (SSSR count). The van der Waals surface area contributed by atoms with Gasteiger partial charge in [-0.15, -0.1) is 0 Å². The highest BCUT2D eigenvalue weighted by atomic mass is 16.6. The van der Waals surface area contributed by atoms with Crippen LogP contribution in [0.25, 0.3) is 0 Å². The van der Waals surface area contributed by atoms with Crippen molar-refractivity contribution in [2.24, 2.45) is 0 Å². The number of methoxy groups -OCH3 is 1. The number of amides is 2. The standard InChI is InChI=1S/C16H23N3O5/c1-13(12-18-15(20)14-6-4-3-5-7-14)19-24-9-8-17-16(21)23-11-10-22-2/h3-7,12,19H,8-11H2,1-2H3,(H,17,21)(H,18,20)/b13-12-. The maximum Gasteiger partial charge on any atom is 0.407 e. The van der Waals surface area contributed by atoms with Crippen molar-refractivity contribution in [1.29, 1.82) is 0 Å². The maximum atomic E-state index is 11.8. The zero-order chi connectivity index (χ0) is 17.6. The first-order valence-corrected chi connectivity index (χ1v) is 7.43. The first-order chi connectivity index (χ1) is 11.6. The Bertz CT molecular complexity index is 534. The molecule has 0 aromatic heterocycles. The number of hydrogen-bond acceptors (Lipinski definition) is 6.